The molecule has 1 aromatic carbocycles. The maximum atomic E-state index is 13.0. The van der Waals surface area contributed by atoms with Gasteiger partial charge in [-0.15, -0.1) is 22.7 Å². The fraction of sp³-hybridized carbons (Fsp3) is 0.0909. The van der Waals surface area contributed by atoms with Crippen molar-refractivity contribution in [2.24, 2.45) is 0 Å². The number of esters is 1. The number of halogens is 1. The number of carbonyl (C=O) groups excluding carboxylic acids is 1. The topological polar surface area (TPSA) is 73.6 Å². The van der Waals surface area contributed by atoms with Crippen molar-refractivity contribution >= 4 is 56.1 Å². The molecule has 0 radical (unpaired) electrons. The minimum absolute atomic E-state index is 0.0989. The van der Waals surface area contributed by atoms with Crippen LogP contribution in [-0.2, 0) is 11.3 Å². The van der Waals surface area contributed by atoms with Gasteiger partial charge >= 0.3 is 5.97 Å². The Balaban J connectivity index is 1.49. The van der Waals surface area contributed by atoms with Gasteiger partial charge in [-0.3, -0.25) is 9.20 Å². The summed E-state index contributed by atoms with van der Waals surface area (Å²) in [7, 11) is 0. The summed E-state index contributed by atoms with van der Waals surface area (Å²) >= 11 is 8.83. The highest BCUT2D eigenvalue weighted by atomic mass is 35.5. The third-order valence-electron chi connectivity index (χ3n) is 4.74. The van der Waals surface area contributed by atoms with Crippen LogP contribution < -0.4 is 5.56 Å². The number of pyridine rings is 1. The van der Waals surface area contributed by atoms with Crippen LogP contribution in [0.1, 0.15) is 21.7 Å². The number of ether oxygens (including phenoxy) is 1. The second-order valence-electron chi connectivity index (χ2n) is 6.83. The molecule has 0 atom stereocenters. The van der Waals surface area contributed by atoms with Gasteiger partial charge in [-0.05, 0) is 31.2 Å². The van der Waals surface area contributed by atoms with Gasteiger partial charge in [-0.25, -0.2) is 14.8 Å². The lowest BCUT2D eigenvalue weighted by Gasteiger charge is -2.09. The normalized spacial score (nSPS) is 11.3. The van der Waals surface area contributed by atoms with E-state index in [0.717, 1.165) is 10.6 Å². The predicted molar refractivity (Wildman–Crippen MR) is 123 cm³/mol. The number of hydrogen-bond acceptors (Lipinski definition) is 7. The Morgan fingerprint density at radius 2 is 2.00 bits per heavy atom. The summed E-state index contributed by atoms with van der Waals surface area (Å²) in [5.41, 5.74) is 2.77. The smallest absolute Gasteiger partial charge is 0.339 e. The number of para-hydroxylation sites is 1. The molecular formula is C22H14ClN3O3S2. The first kappa shape index (κ1) is 19.9. The van der Waals surface area contributed by atoms with Crippen molar-refractivity contribution in [2.45, 2.75) is 13.5 Å². The van der Waals surface area contributed by atoms with E-state index in [9.17, 15) is 9.59 Å². The number of benzene rings is 1. The summed E-state index contributed by atoms with van der Waals surface area (Å²) < 4.78 is 7.71. The van der Waals surface area contributed by atoms with E-state index in [0.29, 0.717) is 37.2 Å². The summed E-state index contributed by atoms with van der Waals surface area (Å²) in [5.74, 6) is -0.508. The molecule has 154 valence electrons. The van der Waals surface area contributed by atoms with Gasteiger partial charge in [-0.1, -0.05) is 29.8 Å². The van der Waals surface area contributed by atoms with Gasteiger partial charge in [0.1, 0.15) is 6.61 Å². The lowest BCUT2D eigenvalue weighted by molar-refractivity contribution is 0.0470. The minimum atomic E-state index is -0.508. The Hall–Kier alpha value is -3.07. The van der Waals surface area contributed by atoms with Crippen molar-refractivity contribution in [3.63, 3.8) is 0 Å². The number of thiazole rings is 1. The molecule has 0 aliphatic carbocycles. The lowest BCUT2D eigenvalue weighted by atomic mass is 10.1. The largest absolute Gasteiger partial charge is 0.456 e. The molecule has 0 unspecified atom stereocenters. The zero-order chi connectivity index (χ0) is 21.5. The number of hydrogen-bond donors (Lipinski definition) is 0. The molecule has 31 heavy (non-hydrogen) atoms. The first-order valence-corrected chi connectivity index (χ1v) is 11.4. The van der Waals surface area contributed by atoms with Crippen molar-refractivity contribution < 1.29 is 9.53 Å². The van der Waals surface area contributed by atoms with Crippen LogP contribution in [0.25, 0.3) is 26.4 Å². The molecule has 4 heterocycles. The van der Waals surface area contributed by atoms with Crippen LogP contribution in [-0.4, -0.2) is 20.3 Å². The number of rotatable bonds is 4. The number of fused-ring (bicyclic) bond motifs is 2. The van der Waals surface area contributed by atoms with Gasteiger partial charge in [0.25, 0.3) is 5.56 Å². The molecule has 6 nitrogen and oxygen atoms in total. The van der Waals surface area contributed by atoms with Gasteiger partial charge < -0.3 is 4.74 Å². The van der Waals surface area contributed by atoms with Crippen LogP contribution in [0, 0.1) is 6.92 Å². The number of aromatic nitrogens is 3. The Labute approximate surface area is 189 Å². The second-order valence-corrected chi connectivity index (χ2v) is 9.38. The minimum Gasteiger partial charge on any atom is -0.456 e. The van der Waals surface area contributed by atoms with E-state index < -0.39 is 5.97 Å². The number of carbonyl (C=O) groups is 1. The molecule has 4 aromatic heterocycles. The molecule has 0 amide bonds. The van der Waals surface area contributed by atoms with Crippen LogP contribution in [0.3, 0.4) is 0 Å². The van der Waals surface area contributed by atoms with Gasteiger partial charge in [0, 0.05) is 22.5 Å². The third kappa shape index (κ3) is 3.74. The van der Waals surface area contributed by atoms with Gasteiger partial charge in [-0.2, -0.15) is 0 Å². The van der Waals surface area contributed by atoms with Crippen molar-refractivity contribution in [1.29, 1.82) is 0 Å². The van der Waals surface area contributed by atoms with E-state index in [1.54, 1.807) is 12.1 Å². The molecule has 9 heteroatoms. The summed E-state index contributed by atoms with van der Waals surface area (Å²) in [4.78, 5) is 35.9. The standard InChI is InChI=1S/C22H14ClN3O3S2/c1-12-11-30-22-24-13(8-20(27)26(12)22)10-29-21(28)15-9-17(18-6-7-19(23)31-18)25-16-5-3-2-4-14(15)16/h2-9,11H,10H2,1H3. The van der Waals surface area contributed by atoms with Crippen LogP contribution in [0.15, 0.2) is 58.7 Å². The number of nitrogens with zero attached hydrogens (tertiary/aromatic N) is 3. The van der Waals surface area contributed by atoms with E-state index in [-0.39, 0.29) is 12.2 Å². The summed E-state index contributed by atoms with van der Waals surface area (Å²) in [6, 6.07) is 14.2. The Morgan fingerprint density at radius 1 is 1.16 bits per heavy atom. The fourth-order valence-corrected chi connectivity index (χ4v) is 5.21. The average Bonchev–Trinajstić information content (AvgIpc) is 3.37. The van der Waals surface area contributed by atoms with Crippen molar-refractivity contribution in [3.8, 4) is 10.6 Å². The highest BCUT2D eigenvalue weighted by Gasteiger charge is 2.17. The number of thiophene rings is 1. The third-order valence-corrected chi connectivity index (χ3v) is 6.94. The maximum absolute atomic E-state index is 13.0. The van der Waals surface area contributed by atoms with Crippen LogP contribution in [0.2, 0.25) is 4.34 Å². The van der Waals surface area contributed by atoms with Crippen LogP contribution >= 0.6 is 34.3 Å². The van der Waals surface area contributed by atoms with Crippen molar-refractivity contribution in [1.82, 2.24) is 14.4 Å². The van der Waals surface area contributed by atoms with E-state index >= 15 is 0 Å². The van der Waals surface area contributed by atoms with Crippen molar-refractivity contribution in [2.75, 3.05) is 0 Å². The first-order chi connectivity index (χ1) is 15.0. The Bertz CT molecular complexity index is 1520. The van der Waals surface area contributed by atoms with E-state index in [1.165, 1.54) is 33.1 Å². The van der Waals surface area contributed by atoms with E-state index in [2.05, 4.69) is 9.97 Å². The molecule has 0 saturated heterocycles. The lowest BCUT2D eigenvalue weighted by Crippen LogP contribution is -2.16. The average molecular weight is 468 g/mol. The Kier molecular flexibility index (Phi) is 5.05. The predicted octanol–water partition coefficient (Wildman–Crippen LogP) is 5.35. The summed E-state index contributed by atoms with van der Waals surface area (Å²) in [6.45, 7) is 1.75. The molecule has 5 rings (SSSR count). The maximum Gasteiger partial charge on any atom is 0.339 e. The molecule has 0 fully saturated rings. The van der Waals surface area contributed by atoms with Crippen LogP contribution in [0.4, 0.5) is 0 Å². The highest BCUT2D eigenvalue weighted by Crippen LogP contribution is 2.32. The fourth-order valence-electron chi connectivity index (χ4n) is 3.31. The quantitative estimate of drug-likeness (QED) is 0.333. The van der Waals surface area contributed by atoms with E-state index in [4.69, 9.17) is 16.3 Å². The highest BCUT2D eigenvalue weighted by molar-refractivity contribution is 7.19. The Morgan fingerprint density at radius 3 is 2.81 bits per heavy atom. The van der Waals surface area contributed by atoms with Gasteiger partial charge in [0.15, 0.2) is 4.96 Å². The summed E-state index contributed by atoms with van der Waals surface area (Å²) in [6.07, 6.45) is 0. The molecular weight excluding hydrogens is 454 g/mol. The molecule has 0 spiro atoms. The zero-order valence-electron chi connectivity index (χ0n) is 16.2. The molecule has 0 bridgehead atoms. The van der Waals surface area contributed by atoms with Gasteiger partial charge in [0.05, 0.1) is 31.7 Å². The van der Waals surface area contributed by atoms with Crippen molar-refractivity contribution in [3.05, 3.63) is 85.6 Å². The SMILES string of the molecule is Cc1csc2nc(COC(=O)c3cc(-c4ccc(Cl)s4)nc4ccccc34)cc(=O)n12. The second kappa shape index (κ2) is 7.88. The van der Waals surface area contributed by atoms with E-state index in [1.807, 2.05) is 42.6 Å². The molecule has 0 aliphatic heterocycles. The first-order valence-electron chi connectivity index (χ1n) is 9.29. The zero-order valence-corrected chi connectivity index (χ0v) is 18.6. The number of aryl methyl sites for hydroxylation is 1. The van der Waals surface area contributed by atoms with Gasteiger partial charge in [0.2, 0.25) is 0 Å². The molecule has 0 N–H and O–H groups in total. The summed E-state index contributed by atoms with van der Waals surface area (Å²) in [5, 5.41) is 2.55. The van der Waals surface area contributed by atoms with Crippen LogP contribution in [0.5, 0.6) is 0 Å². The molecule has 5 aromatic rings. The molecule has 0 aliphatic rings. The molecule has 0 saturated carbocycles. The monoisotopic (exact) mass is 467 g/mol.